The van der Waals surface area contributed by atoms with Crippen molar-refractivity contribution in [2.24, 2.45) is 0 Å². The summed E-state index contributed by atoms with van der Waals surface area (Å²) in [6.45, 7) is 5.42. The zero-order chi connectivity index (χ0) is 18.9. The van der Waals surface area contributed by atoms with Crippen LogP contribution in [-0.4, -0.2) is 32.7 Å². The fourth-order valence-corrected chi connectivity index (χ4v) is 4.05. The highest BCUT2D eigenvalue weighted by Crippen LogP contribution is 2.35. The summed E-state index contributed by atoms with van der Waals surface area (Å²) in [6, 6.07) is 12.6. The maximum atomic E-state index is 12.7. The van der Waals surface area contributed by atoms with Gasteiger partial charge in [-0.3, -0.25) is 9.10 Å². The number of hydrogen-bond acceptors (Lipinski definition) is 4. The highest BCUT2D eigenvalue weighted by molar-refractivity contribution is 7.92. The molecule has 0 saturated heterocycles. The molecule has 26 heavy (non-hydrogen) atoms. The number of hydrogen-bond donors (Lipinski definition) is 1. The molecule has 0 spiro atoms. The van der Waals surface area contributed by atoms with Crippen LogP contribution in [0.15, 0.2) is 42.5 Å². The summed E-state index contributed by atoms with van der Waals surface area (Å²) in [5.74, 6) is -0.0356. The van der Waals surface area contributed by atoms with Gasteiger partial charge in [-0.05, 0) is 44.5 Å². The van der Waals surface area contributed by atoms with Gasteiger partial charge < -0.3 is 10.1 Å². The Kier molecular flexibility index (Phi) is 4.91. The van der Waals surface area contributed by atoms with Crippen molar-refractivity contribution >= 4 is 27.3 Å². The van der Waals surface area contributed by atoms with Crippen LogP contribution in [0.1, 0.15) is 18.1 Å². The number of rotatable bonds is 4. The maximum absolute atomic E-state index is 12.7. The van der Waals surface area contributed by atoms with Crippen molar-refractivity contribution in [3.63, 3.8) is 0 Å². The second-order valence-electron chi connectivity index (χ2n) is 6.31. The van der Waals surface area contributed by atoms with Crippen LogP contribution < -0.4 is 14.4 Å². The molecule has 1 amide bonds. The van der Waals surface area contributed by atoms with Crippen LogP contribution in [0.4, 0.5) is 11.4 Å². The van der Waals surface area contributed by atoms with Gasteiger partial charge in [0.1, 0.15) is 5.75 Å². The lowest BCUT2D eigenvalue weighted by Crippen LogP contribution is -2.49. The van der Waals surface area contributed by atoms with E-state index < -0.39 is 16.1 Å². The number of carbonyl (C=O) groups is 1. The fraction of sp³-hybridized carbons (Fsp3) is 0.316. The van der Waals surface area contributed by atoms with Crippen molar-refractivity contribution in [3.8, 4) is 5.75 Å². The largest absolute Gasteiger partial charge is 0.476 e. The number of para-hydroxylation sites is 2. The van der Waals surface area contributed by atoms with E-state index in [-0.39, 0.29) is 18.2 Å². The van der Waals surface area contributed by atoms with Crippen molar-refractivity contribution in [1.29, 1.82) is 0 Å². The molecule has 6 nitrogen and oxygen atoms in total. The highest BCUT2D eigenvalue weighted by atomic mass is 32.2. The molecule has 0 saturated carbocycles. The molecule has 0 aliphatic carbocycles. The third-order valence-electron chi connectivity index (χ3n) is 4.37. The van der Waals surface area contributed by atoms with E-state index in [1.165, 1.54) is 4.31 Å². The summed E-state index contributed by atoms with van der Waals surface area (Å²) >= 11 is 0. The molecule has 1 aliphatic heterocycles. The molecule has 0 radical (unpaired) electrons. The molecule has 0 aromatic heterocycles. The standard InChI is InChI=1S/C19H22N2O4S/c1-4-26(23,24)21-12-18(25-17-8-6-5-7-16(17)21)19(22)20-15-10-9-13(2)11-14(15)3/h5-11,18H,4,12H2,1-3H3,(H,20,22). The quantitative estimate of drug-likeness (QED) is 0.893. The second-order valence-corrected chi connectivity index (χ2v) is 8.50. The predicted octanol–water partition coefficient (Wildman–Crippen LogP) is 2.86. The minimum Gasteiger partial charge on any atom is -0.476 e. The number of benzene rings is 2. The molecular weight excluding hydrogens is 352 g/mol. The van der Waals surface area contributed by atoms with Gasteiger partial charge >= 0.3 is 0 Å². The van der Waals surface area contributed by atoms with E-state index in [2.05, 4.69) is 5.32 Å². The van der Waals surface area contributed by atoms with Crippen LogP contribution in [-0.2, 0) is 14.8 Å². The van der Waals surface area contributed by atoms with E-state index in [1.807, 2.05) is 32.0 Å². The van der Waals surface area contributed by atoms with Gasteiger partial charge in [0.05, 0.1) is 18.0 Å². The zero-order valence-corrected chi connectivity index (χ0v) is 15.8. The van der Waals surface area contributed by atoms with Crippen molar-refractivity contribution in [3.05, 3.63) is 53.6 Å². The molecule has 7 heteroatoms. The minimum absolute atomic E-state index is 0.0489. The van der Waals surface area contributed by atoms with E-state index in [9.17, 15) is 13.2 Å². The highest BCUT2D eigenvalue weighted by Gasteiger charge is 2.36. The first-order valence-electron chi connectivity index (χ1n) is 8.46. The monoisotopic (exact) mass is 374 g/mol. The summed E-state index contributed by atoms with van der Waals surface area (Å²) in [6.07, 6.45) is -0.924. The maximum Gasteiger partial charge on any atom is 0.267 e. The Morgan fingerprint density at radius 3 is 2.65 bits per heavy atom. The fourth-order valence-electron chi connectivity index (χ4n) is 2.93. The summed E-state index contributed by atoms with van der Waals surface area (Å²) in [7, 11) is -3.51. The molecule has 1 atom stereocenters. The number of aryl methyl sites for hydroxylation is 2. The van der Waals surface area contributed by atoms with Gasteiger partial charge in [-0.1, -0.05) is 29.8 Å². The van der Waals surface area contributed by atoms with Crippen LogP contribution in [0.3, 0.4) is 0 Å². The summed E-state index contributed by atoms with van der Waals surface area (Å²) in [5.41, 5.74) is 3.19. The van der Waals surface area contributed by atoms with Crippen LogP contribution in [0.2, 0.25) is 0 Å². The molecule has 2 aromatic rings. The van der Waals surface area contributed by atoms with E-state index in [0.717, 1.165) is 11.1 Å². The van der Waals surface area contributed by atoms with Gasteiger partial charge in [0, 0.05) is 5.69 Å². The van der Waals surface area contributed by atoms with Crippen molar-refractivity contribution in [2.45, 2.75) is 26.9 Å². The Morgan fingerprint density at radius 1 is 1.23 bits per heavy atom. The number of fused-ring (bicyclic) bond motifs is 1. The molecule has 2 aromatic carbocycles. The molecule has 3 rings (SSSR count). The van der Waals surface area contributed by atoms with Crippen molar-refractivity contribution in [1.82, 2.24) is 0 Å². The number of carbonyl (C=O) groups excluding carboxylic acids is 1. The first-order chi connectivity index (χ1) is 12.3. The van der Waals surface area contributed by atoms with E-state index >= 15 is 0 Å². The molecule has 1 unspecified atom stereocenters. The Bertz CT molecular complexity index is 940. The number of nitrogens with zero attached hydrogens (tertiary/aromatic N) is 1. The predicted molar refractivity (Wildman–Crippen MR) is 102 cm³/mol. The topological polar surface area (TPSA) is 75.7 Å². The number of anilines is 2. The smallest absolute Gasteiger partial charge is 0.267 e. The second kappa shape index (κ2) is 6.99. The lowest BCUT2D eigenvalue weighted by Gasteiger charge is -2.34. The van der Waals surface area contributed by atoms with Crippen LogP contribution in [0.5, 0.6) is 5.75 Å². The minimum atomic E-state index is -3.51. The van der Waals surface area contributed by atoms with Gasteiger partial charge in [-0.2, -0.15) is 0 Å². The SMILES string of the molecule is CCS(=O)(=O)N1CC(C(=O)Nc2ccc(C)cc2C)Oc2ccccc21. The summed E-state index contributed by atoms with van der Waals surface area (Å²) in [5, 5.41) is 2.84. The number of amides is 1. The Hall–Kier alpha value is -2.54. The van der Waals surface area contributed by atoms with Gasteiger partial charge in [-0.15, -0.1) is 0 Å². The van der Waals surface area contributed by atoms with E-state index in [4.69, 9.17) is 4.74 Å². The van der Waals surface area contributed by atoms with Crippen LogP contribution >= 0.6 is 0 Å². The van der Waals surface area contributed by atoms with E-state index in [0.29, 0.717) is 17.1 Å². The third kappa shape index (κ3) is 3.53. The van der Waals surface area contributed by atoms with Crippen LogP contribution in [0, 0.1) is 13.8 Å². The first-order valence-corrected chi connectivity index (χ1v) is 10.1. The van der Waals surface area contributed by atoms with Gasteiger partial charge in [0.2, 0.25) is 10.0 Å². The molecule has 1 heterocycles. The summed E-state index contributed by atoms with van der Waals surface area (Å²) < 4.78 is 32.0. The Balaban J connectivity index is 1.88. The molecule has 0 fully saturated rings. The van der Waals surface area contributed by atoms with Gasteiger partial charge in [-0.25, -0.2) is 8.42 Å². The third-order valence-corrected chi connectivity index (χ3v) is 6.11. The van der Waals surface area contributed by atoms with Crippen LogP contribution in [0.25, 0.3) is 0 Å². The van der Waals surface area contributed by atoms with Crippen molar-refractivity contribution in [2.75, 3.05) is 21.9 Å². The normalized spacial score (nSPS) is 16.6. The lowest BCUT2D eigenvalue weighted by molar-refractivity contribution is -0.122. The van der Waals surface area contributed by atoms with Gasteiger partial charge in [0.15, 0.2) is 6.10 Å². The molecule has 138 valence electrons. The molecule has 0 bridgehead atoms. The number of sulfonamides is 1. The first kappa shape index (κ1) is 18.3. The van der Waals surface area contributed by atoms with Gasteiger partial charge in [0.25, 0.3) is 5.91 Å². The average molecular weight is 374 g/mol. The molecular formula is C19H22N2O4S. The Morgan fingerprint density at radius 2 is 1.96 bits per heavy atom. The summed E-state index contributed by atoms with van der Waals surface area (Å²) in [4.78, 5) is 12.7. The zero-order valence-electron chi connectivity index (χ0n) is 15.0. The average Bonchev–Trinajstić information content (AvgIpc) is 2.63. The Labute approximate surface area is 153 Å². The lowest BCUT2D eigenvalue weighted by atomic mass is 10.1. The molecule has 1 N–H and O–H groups in total. The van der Waals surface area contributed by atoms with E-state index in [1.54, 1.807) is 31.2 Å². The number of nitrogens with one attached hydrogen (secondary N) is 1. The number of ether oxygens (including phenoxy) is 1. The van der Waals surface area contributed by atoms with Crippen molar-refractivity contribution < 1.29 is 17.9 Å². The molecule has 1 aliphatic rings.